The van der Waals surface area contributed by atoms with Crippen molar-refractivity contribution in [3.63, 3.8) is 0 Å². The summed E-state index contributed by atoms with van der Waals surface area (Å²) >= 11 is 0. The Morgan fingerprint density at radius 1 is 0.297 bits per heavy atom. The van der Waals surface area contributed by atoms with Gasteiger partial charge in [-0.15, -0.1) is 0 Å². The summed E-state index contributed by atoms with van der Waals surface area (Å²) in [5.41, 5.74) is 14.2. The van der Waals surface area contributed by atoms with E-state index in [0.29, 0.717) is 11.8 Å². The third-order valence-corrected chi connectivity index (χ3v) is 14.8. The van der Waals surface area contributed by atoms with Crippen LogP contribution < -0.4 is 0 Å². The highest BCUT2D eigenvalue weighted by molar-refractivity contribution is 6.45. The predicted molar refractivity (Wildman–Crippen MR) is 306 cm³/mol. The van der Waals surface area contributed by atoms with Crippen molar-refractivity contribution in [1.82, 2.24) is 29.1 Å². The molecule has 15 aromatic rings. The van der Waals surface area contributed by atoms with E-state index in [4.69, 9.17) is 19.9 Å². The molecule has 0 unspecified atom stereocenters. The molecule has 74 heavy (non-hydrogen) atoms. The molecule has 0 saturated carbocycles. The standard InChI is InChI=1S/C68H42N6/c1-5-21-44(22-6-1)56-41-57(45-23-7-2-8-24-45)71-68(70-56)74-59-36-20-18-34-54(59)62-63-60(50-30-14-16-32-52(50)66(62)74)49-29-13-15-31-51(49)65-61(63)53-33-17-19-35-58(53)73(65)48-39-37-43(38-40-48)55-42-69-67(47-27-11-4-12-28-47)72-64(55)46-25-9-3-10-26-46/h1-42H. The Morgan fingerprint density at radius 2 is 0.730 bits per heavy atom. The van der Waals surface area contributed by atoms with Gasteiger partial charge < -0.3 is 4.57 Å². The second kappa shape index (κ2) is 16.8. The SMILES string of the molecule is c1ccc(-c2cc(-c3ccccc3)nc(-n3c4ccccc4c4c5c(c6ccccc6c6c5c5ccccc5n6-c5ccc(-c6cnc(-c7ccccc7)nc6-c6ccccc6)cc5)c5ccccc5c43)n2)cc1. The molecule has 15 rings (SSSR count). The van der Waals surface area contributed by atoms with Gasteiger partial charge >= 0.3 is 0 Å². The zero-order valence-corrected chi connectivity index (χ0v) is 39.9. The van der Waals surface area contributed by atoms with Crippen LogP contribution in [0.15, 0.2) is 255 Å². The number of aromatic nitrogens is 6. The van der Waals surface area contributed by atoms with Gasteiger partial charge in [0.1, 0.15) is 0 Å². The number of rotatable bonds is 7. The summed E-state index contributed by atoms with van der Waals surface area (Å²) in [6.45, 7) is 0. The Labute approximate surface area is 425 Å². The van der Waals surface area contributed by atoms with Crippen molar-refractivity contribution in [1.29, 1.82) is 0 Å². The lowest BCUT2D eigenvalue weighted by molar-refractivity contribution is 0.998. The Kier molecular flexibility index (Phi) is 9.47. The molecule has 0 bridgehead atoms. The quantitative estimate of drug-likeness (QED) is 0.149. The van der Waals surface area contributed by atoms with Crippen LogP contribution in [-0.4, -0.2) is 29.1 Å². The van der Waals surface area contributed by atoms with Gasteiger partial charge in [0, 0.05) is 77.4 Å². The van der Waals surface area contributed by atoms with E-state index >= 15 is 0 Å². The second-order valence-corrected chi connectivity index (χ2v) is 18.9. The summed E-state index contributed by atoms with van der Waals surface area (Å²) in [6, 6.07) is 88.1. The molecule has 11 aromatic carbocycles. The molecular weight excluding hydrogens is 901 g/mol. The average molecular weight is 943 g/mol. The number of para-hydroxylation sites is 2. The van der Waals surface area contributed by atoms with E-state index < -0.39 is 0 Å². The first-order valence-corrected chi connectivity index (χ1v) is 25.1. The smallest absolute Gasteiger partial charge is 0.235 e. The number of benzene rings is 11. The van der Waals surface area contributed by atoms with Crippen LogP contribution in [0.2, 0.25) is 0 Å². The van der Waals surface area contributed by atoms with E-state index in [-0.39, 0.29) is 0 Å². The van der Waals surface area contributed by atoms with Crippen LogP contribution in [0.1, 0.15) is 0 Å². The van der Waals surface area contributed by atoms with Gasteiger partial charge in [0.15, 0.2) is 5.82 Å². The molecule has 4 heterocycles. The zero-order valence-electron chi connectivity index (χ0n) is 39.9. The van der Waals surface area contributed by atoms with Crippen molar-refractivity contribution in [3.8, 4) is 67.9 Å². The predicted octanol–water partition coefficient (Wildman–Crippen LogP) is 17.3. The summed E-state index contributed by atoms with van der Waals surface area (Å²) < 4.78 is 4.80. The van der Waals surface area contributed by atoms with Gasteiger partial charge in [-0.05, 0) is 52.1 Å². The highest BCUT2D eigenvalue weighted by atomic mass is 15.2. The van der Waals surface area contributed by atoms with Crippen LogP contribution in [-0.2, 0) is 0 Å². The molecule has 0 fully saturated rings. The van der Waals surface area contributed by atoms with Crippen molar-refractivity contribution in [3.05, 3.63) is 255 Å². The van der Waals surface area contributed by atoms with Crippen LogP contribution in [0.4, 0.5) is 0 Å². The molecule has 6 heteroatoms. The minimum Gasteiger partial charge on any atom is -0.309 e. The lowest BCUT2D eigenvalue weighted by Crippen LogP contribution is -2.04. The first-order valence-electron chi connectivity index (χ1n) is 25.1. The summed E-state index contributed by atoms with van der Waals surface area (Å²) in [6.07, 6.45) is 1.98. The Morgan fingerprint density at radius 3 is 1.27 bits per heavy atom. The van der Waals surface area contributed by atoms with Crippen LogP contribution in [0.3, 0.4) is 0 Å². The first-order chi connectivity index (χ1) is 36.7. The molecule has 0 saturated heterocycles. The van der Waals surface area contributed by atoms with Gasteiger partial charge in [-0.25, -0.2) is 19.9 Å². The fourth-order valence-electron chi connectivity index (χ4n) is 11.6. The molecule has 6 nitrogen and oxygen atoms in total. The van der Waals surface area contributed by atoms with Gasteiger partial charge in [-0.2, -0.15) is 0 Å². The fourth-order valence-corrected chi connectivity index (χ4v) is 11.6. The molecule has 0 atom stereocenters. The minimum atomic E-state index is 0.621. The van der Waals surface area contributed by atoms with E-state index in [2.05, 4.69) is 221 Å². The molecule has 344 valence electrons. The van der Waals surface area contributed by atoms with Crippen molar-refractivity contribution in [2.75, 3.05) is 0 Å². The zero-order chi connectivity index (χ0) is 48.7. The summed E-state index contributed by atoms with van der Waals surface area (Å²) in [7, 11) is 0. The number of nitrogens with zero attached hydrogens (tertiary/aromatic N) is 6. The molecule has 0 spiro atoms. The van der Waals surface area contributed by atoms with Crippen LogP contribution in [0, 0.1) is 0 Å². The van der Waals surface area contributed by atoms with E-state index in [0.717, 1.165) is 89.0 Å². The van der Waals surface area contributed by atoms with Crippen LogP contribution in [0.5, 0.6) is 0 Å². The molecular formula is C68H42N6. The van der Waals surface area contributed by atoms with E-state index in [1.54, 1.807) is 0 Å². The maximum Gasteiger partial charge on any atom is 0.235 e. The molecule has 0 N–H and O–H groups in total. The summed E-state index contributed by atoms with van der Waals surface area (Å²) in [5.74, 6) is 1.32. The third-order valence-electron chi connectivity index (χ3n) is 14.8. The van der Waals surface area contributed by atoms with E-state index in [1.165, 1.54) is 43.1 Å². The minimum absolute atomic E-state index is 0.621. The molecule has 4 aromatic heterocycles. The van der Waals surface area contributed by atoms with Gasteiger partial charge in [0.05, 0.1) is 39.1 Å². The van der Waals surface area contributed by atoms with Crippen LogP contribution >= 0.6 is 0 Å². The van der Waals surface area contributed by atoms with Crippen molar-refractivity contribution in [2.45, 2.75) is 0 Å². The molecule has 0 aliphatic heterocycles. The molecule has 0 radical (unpaired) electrons. The Bertz CT molecular complexity index is 4620. The maximum atomic E-state index is 5.47. The third kappa shape index (κ3) is 6.45. The van der Waals surface area contributed by atoms with Crippen molar-refractivity contribution >= 4 is 75.9 Å². The highest BCUT2D eigenvalue weighted by Gasteiger charge is 2.27. The Balaban J connectivity index is 1.03. The van der Waals surface area contributed by atoms with Gasteiger partial charge in [0.25, 0.3) is 0 Å². The molecule has 0 amide bonds. The maximum absolute atomic E-state index is 5.47. The second-order valence-electron chi connectivity index (χ2n) is 18.9. The fraction of sp³-hybridized carbons (Fsp3) is 0. The van der Waals surface area contributed by atoms with Crippen LogP contribution in [0.25, 0.3) is 144 Å². The number of hydrogen-bond donors (Lipinski definition) is 0. The van der Waals surface area contributed by atoms with Crippen molar-refractivity contribution < 1.29 is 0 Å². The number of hydrogen-bond acceptors (Lipinski definition) is 4. The van der Waals surface area contributed by atoms with Gasteiger partial charge in [-0.3, -0.25) is 4.57 Å². The normalized spacial score (nSPS) is 11.8. The molecule has 0 aliphatic rings. The van der Waals surface area contributed by atoms with Gasteiger partial charge in [-0.1, -0.05) is 218 Å². The molecule has 0 aliphatic carbocycles. The topological polar surface area (TPSA) is 61.4 Å². The highest BCUT2D eigenvalue weighted by Crippen LogP contribution is 2.50. The first kappa shape index (κ1) is 41.7. The summed E-state index contributed by atoms with van der Waals surface area (Å²) in [4.78, 5) is 21.1. The monoisotopic (exact) mass is 942 g/mol. The Hall–Kier alpha value is -10.0. The number of fused-ring (bicyclic) bond motifs is 15. The van der Waals surface area contributed by atoms with E-state index in [1.807, 2.05) is 42.6 Å². The summed E-state index contributed by atoms with van der Waals surface area (Å²) in [5, 5.41) is 11.8. The van der Waals surface area contributed by atoms with E-state index in [9.17, 15) is 0 Å². The lowest BCUT2D eigenvalue weighted by Gasteiger charge is -2.17. The lowest BCUT2D eigenvalue weighted by atomic mass is 9.89. The van der Waals surface area contributed by atoms with Gasteiger partial charge in [0.2, 0.25) is 5.95 Å². The average Bonchev–Trinajstić information content (AvgIpc) is 4.04. The largest absolute Gasteiger partial charge is 0.309 e. The van der Waals surface area contributed by atoms with Crippen molar-refractivity contribution in [2.24, 2.45) is 0 Å².